The third-order valence-electron chi connectivity index (χ3n) is 7.30. The van der Waals surface area contributed by atoms with Crippen LogP contribution in [0.2, 0.25) is 0 Å². The van der Waals surface area contributed by atoms with Gasteiger partial charge in [-0.25, -0.2) is 4.68 Å². The zero-order valence-electron chi connectivity index (χ0n) is 21.9. The van der Waals surface area contributed by atoms with Crippen molar-refractivity contribution >= 4 is 10.9 Å². The second-order valence-electron chi connectivity index (χ2n) is 10.4. The van der Waals surface area contributed by atoms with Gasteiger partial charge in [-0.1, -0.05) is 62.4 Å². The summed E-state index contributed by atoms with van der Waals surface area (Å²) in [4.78, 5) is 18.7. The zero-order chi connectivity index (χ0) is 25.8. The number of nitrogens with zero attached hydrogens (tertiary/aromatic N) is 5. The van der Waals surface area contributed by atoms with Gasteiger partial charge in [0.15, 0.2) is 5.82 Å². The number of benzene rings is 2. The number of aryl methyl sites for hydroxylation is 3. The summed E-state index contributed by atoms with van der Waals surface area (Å²) in [5, 5.41) is 14.0. The van der Waals surface area contributed by atoms with Crippen LogP contribution in [0.3, 0.4) is 0 Å². The lowest BCUT2D eigenvalue weighted by atomic mass is 9.99. The lowest BCUT2D eigenvalue weighted by Gasteiger charge is -2.35. The maximum absolute atomic E-state index is 13.2. The molecule has 5 rings (SSSR count). The Labute approximate surface area is 217 Å². The van der Waals surface area contributed by atoms with Gasteiger partial charge in [-0.05, 0) is 65.1 Å². The summed E-state index contributed by atoms with van der Waals surface area (Å²) in [5.74, 6) is 1.06. The Morgan fingerprint density at radius 1 is 1.16 bits per heavy atom. The number of hydrogen-bond acceptors (Lipinski definition) is 6. The molecule has 4 aromatic rings. The predicted octanol–water partition coefficient (Wildman–Crippen LogP) is 4.44. The first-order chi connectivity index (χ1) is 18.0. The van der Waals surface area contributed by atoms with Crippen molar-refractivity contribution in [2.24, 2.45) is 5.92 Å². The van der Waals surface area contributed by atoms with Gasteiger partial charge < -0.3 is 9.72 Å². The summed E-state index contributed by atoms with van der Waals surface area (Å²) in [7, 11) is 0. The van der Waals surface area contributed by atoms with Crippen molar-refractivity contribution < 1.29 is 4.74 Å². The third-order valence-corrected chi connectivity index (χ3v) is 7.30. The van der Waals surface area contributed by atoms with Gasteiger partial charge in [0, 0.05) is 31.8 Å². The van der Waals surface area contributed by atoms with Crippen molar-refractivity contribution in [3.63, 3.8) is 0 Å². The summed E-state index contributed by atoms with van der Waals surface area (Å²) < 4.78 is 7.96. The monoisotopic (exact) mass is 500 g/mol. The van der Waals surface area contributed by atoms with Crippen LogP contribution in [0.5, 0.6) is 0 Å². The molecule has 194 valence electrons. The molecular weight excluding hydrogens is 464 g/mol. The van der Waals surface area contributed by atoms with Gasteiger partial charge in [0.05, 0.1) is 17.7 Å². The first-order valence-corrected chi connectivity index (χ1v) is 13.3. The molecule has 2 aromatic carbocycles. The number of tetrazole rings is 1. The van der Waals surface area contributed by atoms with Crippen LogP contribution < -0.4 is 5.56 Å². The zero-order valence-corrected chi connectivity index (χ0v) is 21.9. The van der Waals surface area contributed by atoms with Crippen LogP contribution in [-0.4, -0.2) is 49.3 Å². The minimum Gasteiger partial charge on any atom is -0.377 e. The number of aromatic amines is 1. The molecule has 1 N–H and O–H groups in total. The maximum Gasteiger partial charge on any atom is 0.252 e. The number of H-pyrrole nitrogens is 1. The fourth-order valence-corrected chi connectivity index (χ4v) is 5.44. The molecule has 8 nitrogen and oxygen atoms in total. The lowest BCUT2D eigenvalue weighted by molar-refractivity contribution is 0.0384. The number of rotatable bonds is 10. The Balaban J connectivity index is 1.47. The number of pyridine rings is 1. The van der Waals surface area contributed by atoms with Gasteiger partial charge >= 0.3 is 0 Å². The largest absolute Gasteiger partial charge is 0.377 e. The highest BCUT2D eigenvalue weighted by Gasteiger charge is 2.32. The molecule has 0 unspecified atom stereocenters. The van der Waals surface area contributed by atoms with Gasteiger partial charge in [0.25, 0.3) is 5.56 Å². The molecule has 3 heterocycles. The van der Waals surface area contributed by atoms with Crippen LogP contribution in [-0.2, 0) is 24.2 Å². The second kappa shape index (κ2) is 11.4. The van der Waals surface area contributed by atoms with E-state index >= 15 is 0 Å². The molecule has 1 fully saturated rings. The molecule has 0 bridgehead atoms. The number of para-hydroxylation sites is 1. The van der Waals surface area contributed by atoms with E-state index in [1.807, 2.05) is 35.9 Å². The van der Waals surface area contributed by atoms with Crippen molar-refractivity contribution in [3.8, 4) is 0 Å². The van der Waals surface area contributed by atoms with Gasteiger partial charge in [-0.2, -0.15) is 0 Å². The van der Waals surface area contributed by atoms with E-state index in [-0.39, 0.29) is 23.6 Å². The molecule has 1 aliphatic heterocycles. The van der Waals surface area contributed by atoms with E-state index in [0.29, 0.717) is 13.1 Å². The number of hydrogen-bond donors (Lipinski definition) is 1. The maximum atomic E-state index is 13.2. The average Bonchev–Trinajstić information content (AvgIpc) is 3.57. The van der Waals surface area contributed by atoms with Crippen LogP contribution in [0.4, 0.5) is 0 Å². The minimum atomic E-state index is -0.0671. The molecule has 0 saturated carbocycles. The Hall–Kier alpha value is -3.36. The second-order valence-corrected chi connectivity index (χ2v) is 10.4. The molecule has 37 heavy (non-hydrogen) atoms. The smallest absolute Gasteiger partial charge is 0.252 e. The molecule has 0 radical (unpaired) electrons. The fraction of sp³-hybridized carbons (Fsp3) is 0.448. The topological polar surface area (TPSA) is 88.9 Å². The molecule has 1 saturated heterocycles. The van der Waals surface area contributed by atoms with E-state index in [0.717, 1.165) is 60.3 Å². The Kier molecular flexibility index (Phi) is 7.76. The standard InChI is InChI=1S/C29H36N6O2/c1-20(2)27(28-31-32-33-35(28)15-14-22-10-5-4-6-11-22)34(19-25-13-8-16-37-25)18-24-17-23-12-7-9-21(3)26(23)30-29(24)36/h4-7,9-12,17,20,25,27H,8,13-16,18-19H2,1-3H3,(H,30,36)/t25-,27+/m0/s1. The highest BCUT2D eigenvalue weighted by molar-refractivity contribution is 5.81. The number of nitrogens with one attached hydrogen (secondary N) is 1. The summed E-state index contributed by atoms with van der Waals surface area (Å²) in [6.07, 6.45) is 3.07. The van der Waals surface area contributed by atoms with Crippen LogP contribution in [0, 0.1) is 12.8 Å². The highest BCUT2D eigenvalue weighted by atomic mass is 16.5. The SMILES string of the molecule is Cc1cccc2cc(CN(C[C@@H]3CCCO3)[C@@H](c3nnnn3CCc3ccccc3)C(C)C)c(=O)[nH]c12. The minimum absolute atomic E-state index is 0.0506. The molecule has 0 aliphatic carbocycles. The summed E-state index contributed by atoms with van der Waals surface area (Å²) >= 11 is 0. The summed E-state index contributed by atoms with van der Waals surface area (Å²) in [6.45, 7) is 9.10. The van der Waals surface area contributed by atoms with Gasteiger partial charge in [0.1, 0.15) is 0 Å². The predicted molar refractivity (Wildman–Crippen MR) is 144 cm³/mol. The van der Waals surface area contributed by atoms with Crippen LogP contribution in [0.1, 0.15) is 55.2 Å². The van der Waals surface area contributed by atoms with Crippen LogP contribution in [0.15, 0.2) is 59.4 Å². The first kappa shape index (κ1) is 25.3. The number of aromatic nitrogens is 5. The summed E-state index contributed by atoms with van der Waals surface area (Å²) in [6, 6.07) is 18.4. The van der Waals surface area contributed by atoms with Crippen molar-refractivity contribution in [1.82, 2.24) is 30.1 Å². The fourth-order valence-electron chi connectivity index (χ4n) is 5.44. The van der Waals surface area contributed by atoms with E-state index in [2.05, 4.69) is 69.6 Å². The molecular formula is C29H36N6O2. The Bertz CT molecular complexity index is 1370. The summed E-state index contributed by atoms with van der Waals surface area (Å²) in [5.41, 5.74) is 3.90. The van der Waals surface area contributed by atoms with E-state index in [4.69, 9.17) is 4.74 Å². The highest BCUT2D eigenvalue weighted by Crippen LogP contribution is 2.30. The molecule has 2 atom stereocenters. The average molecular weight is 501 g/mol. The van der Waals surface area contributed by atoms with Gasteiger partial charge in [0.2, 0.25) is 0 Å². The Morgan fingerprint density at radius 2 is 2.00 bits per heavy atom. The lowest BCUT2D eigenvalue weighted by Crippen LogP contribution is -2.40. The van der Waals surface area contributed by atoms with Gasteiger partial charge in [-0.15, -0.1) is 5.10 Å². The van der Waals surface area contributed by atoms with Gasteiger partial charge in [-0.3, -0.25) is 9.69 Å². The van der Waals surface area contributed by atoms with E-state index in [9.17, 15) is 4.79 Å². The molecule has 1 aliphatic rings. The van der Waals surface area contributed by atoms with E-state index in [1.54, 1.807) is 0 Å². The third kappa shape index (κ3) is 5.81. The normalized spacial score (nSPS) is 16.7. The molecule has 0 amide bonds. The van der Waals surface area contributed by atoms with E-state index < -0.39 is 0 Å². The Morgan fingerprint density at radius 3 is 2.76 bits per heavy atom. The molecule has 0 spiro atoms. The number of fused-ring (bicyclic) bond motifs is 1. The molecule has 2 aromatic heterocycles. The quantitative estimate of drug-likeness (QED) is 0.346. The molecule has 8 heteroatoms. The van der Waals surface area contributed by atoms with Crippen LogP contribution >= 0.6 is 0 Å². The van der Waals surface area contributed by atoms with E-state index in [1.165, 1.54) is 5.56 Å². The van der Waals surface area contributed by atoms with Crippen molar-refractivity contribution in [3.05, 3.63) is 87.5 Å². The van der Waals surface area contributed by atoms with Crippen molar-refractivity contribution in [2.75, 3.05) is 13.2 Å². The number of ether oxygens (including phenoxy) is 1. The van der Waals surface area contributed by atoms with Crippen LogP contribution in [0.25, 0.3) is 10.9 Å². The van der Waals surface area contributed by atoms with Crippen molar-refractivity contribution in [1.29, 1.82) is 0 Å². The first-order valence-electron chi connectivity index (χ1n) is 13.3. The van der Waals surface area contributed by atoms with Crippen molar-refractivity contribution in [2.45, 2.75) is 65.3 Å².